The largest absolute Gasteiger partial charge is 0.294 e. The first-order valence-corrected chi connectivity index (χ1v) is 9.42. The van der Waals surface area contributed by atoms with E-state index in [1.54, 1.807) is 24.3 Å². The summed E-state index contributed by atoms with van der Waals surface area (Å²) in [5.41, 5.74) is 2.45. The van der Waals surface area contributed by atoms with Gasteiger partial charge in [0.25, 0.3) is 0 Å². The predicted molar refractivity (Wildman–Crippen MR) is 107 cm³/mol. The number of carbonyl (C=O) groups excluding carboxylic acids is 2. The summed E-state index contributed by atoms with van der Waals surface area (Å²) >= 11 is 1.45. The first-order valence-electron chi connectivity index (χ1n) is 8.54. The minimum atomic E-state index is -0.451. The molecule has 0 unspecified atom stereocenters. The van der Waals surface area contributed by atoms with Crippen LogP contribution in [0.25, 0.3) is 0 Å². The molecule has 0 aromatic heterocycles. The van der Waals surface area contributed by atoms with E-state index in [0.717, 1.165) is 4.90 Å². The van der Waals surface area contributed by atoms with Crippen molar-refractivity contribution < 1.29 is 9.59 Å². The fourth-order valence-electron chi connectivity index (χ4n) is 2.67. The molecule has 3 rings (SSSR count). The molecule has 0 heterocycles. The molecule has 3 aromatic carbocycles. The van der Waals surface area contributed by atoms with E-state index in [-0.39, 0.29) is 18.0 Å². The van der Waals surface area contributed by atoms with Gasteiger partial charge in [-0.05, 0) is 19.1 Å². The van der Waals surface area contributed by atoms with Gasteiger partial charge in [-0.2, -0.15) is 0 Å². The van der Waals surface area contributed by atoms with Gasteiger partial charge in [0.15, 0.2) is 11.6 Å². The van der Waals surface area contributed by atoms with Gasteiger partial charge in [0, 0.05) is 22.4 Å². The van der Waals surface area contributed by atoms with Crippen LogP contribution in [0.15, 0.2) is 89.8 Å². The van der Waals surface area contributed by atoms with Crippen molar-refractivity contribution in [1.82, 2.24) is 0 Å². The van der Waals surface area contributed by atoms with Gasteiger partial charge >= 0.3 is 0 Å². The van der Waals surface area contributed by atoms with Crippen LogP contribution >= 0.6 is 11.8 Å². The zero-order chi connectivity index (χ0) is 18.4. The van der Waals surface area contributed by atoms with E-state index < -0.39 is 5.25 Å². The Morgan fingerprint density at radius 2 is 1.31 bits per heavy atom. The second-order valence-electron chi connectivity index (χ2n) is 6.14. The SMILES string of the molecule is Cc1ccc(S[C@@H](CC(=O)c2ccccc2)C(=O)c2ccccc2)cc1. The average molecular weight is 360 g/mol. The number of carbonyl (C=O) groups is 2. The highest BCUT2D eigenvalue weighted by Gasteiger charge is 2.24. The smallest absolute Gasteiger partial charge is 0.176 e. The molecule has 0 radical (unpaired) electrons. The lowest BCUT2D eigenvalue weighted by Crippen LogP contribution is -2.21. The quantitative estimate of drug-likeness (QED) is 0.405. The maximum atomic E-state index is 13.0. The van der Waals surface area contributed by atoms with E-state index in [0.29, 0.717) is 11.1 Å². The lowest BCUT2D eigenvalue weighted by Gasteiger charge is -2.15. The van der Waals surface area contributed by atoms with Crippen LogP contribution in [0.5, 0.6) is 0 Å². The number of benzene rings is 3. The Morgan fingerprint density at radius 3 is 1.88 bits per heavy atom. The lowest BCUT2D eigenvalue weighted by atomic mass is 10.0. The number of hydrogen-bond donors (Lipinski definition) is 0. The van der Waals surface area contributed by atoms with Crippen molar-refractivity contribution in [2.45, 2.75) is 23.5 Å². The van der Waals surface area contributed by atoms with Crippen molar-refractivity contribution in [1.29, 1.82) is 0 Å². The Kier molecular flexibility index (Phi) is 6.03. The molecule has 0 N–H and O–H groups in total. The van der Waals surface area contributed by atoms with E-state index in [1.807, 2.05) is 67.6 Å². The highest BCUT2D eigenvalue weighted by atomic mass is 32.2. The van der Waals surface area contributed by atoms with Crippen LogP contribution in [0.4, 0.5) is 0 Å². The summed E-state index contributed by atoms with van der Waals surface area (Å²) in [4.78, 5) is 26.7. The van der Waals surface area contributed by atoms with Gasteiger partial charge in [-0.1, -0.05) is 78.4 Å². The minimum Gasteiger partial charge on any atom is -0.294 e. The Bertz CT molecular complexity index is 871. The number of hydrogen-bond acceptors (Lipinski definition) is 3. The van der Waals surface area contributed by atoms with Crippen molar-refractivity contribution >= 4 is 23.3 Å². The summed E-state index contributed by atoms with van der Waals surface area (Å²) in [6, 6.07) is 26.4. The van der Waals surface area contributed by atoms with Crippen LogP contribution in [-0.2, 0) is 0 Å². The molecule has 2 nitrogen and oxygen atoms in total. The Hall–Kier alpha value is -2.65. The van der Waals surface area contributed by atoms with Crippen LogP contribution in [0.1, 0.15) is 32.7 Å². The first kappa shape index (κ1) is 18.2. The van der Waals surface area contributed by atoms with Gasteiger partial charge in [0.2, 0.25) is 0 Å². The number of aryl methyl sites for hydroxylation is 1. The molecule has 0 fully saturated rings. The summed E-state index contributed by atoms with van der Waals surface area (Å²) in [6.45, 7) is 2.03. The van der Waals surface area contributed by atoms with Crippen LogP contribution in [0.2, 0.25) is 0 Å². The number of rotatable bonds is 7. The maximum Gasteiger partial charge on any atom is 0.176 e. The standard InChI is InChI=1S/C23H20O2S/c1-17-12-14-20(15-13-17)26-22(23(25)19-10-6-3-7-11-19)16-21(24)18-8-4-2-5-9-18/h2-15,22H,16H2,1H3/t22-/m0/s1. The van der Waals surface area contributed by atoms with Crippen LogP contribution < -0.4 is 0 Å². The normalized spacial score (nSPS) is 11.7. The zero-order valence-corrected chi connectivity index (χ0v) is 15.4. The molecule has 0 bridgehead atoms. The third-order valence-corrected chi connectivity index (χ3v) is 5.33. The van der Waals surface area contributed by atoms with E-state index in [1.165, 1.54) is 17.3 Å². The van der Waals surface area contributed by atoms with Crippen LogP contribution in [0, 0.1) is 6.92 Å². The van der Waals surface area contributed by atoms with Gasteiger partial charge in [-0.3, -0.25) is 9.59 Å². The lowest BCUT2D eigenvalue weighted by molar-refractivity contribution is 0.0924. The molecule has 26 heavy (non-hydrogen) atoms. The van der Waals surface area contributed by atoms with Crippen molar-refractivity contribution in [2.24, 2.45) is 0 Å². The summed E-state index contributed by atoms with van der Waals surface area (Å²) in [5, 5.41) is -0.451. The van der Waals surface area contributed by atoms with Crippen molar-refractivity contribution in [3.05, 3.63) is 102 Å². The molecule has 0 aliphatic carbocycles. The molecule has 1 atom stereocenters. The molecular weight excluding hydrogens is 340 g/mol. The van der Waals surface area contributed by atoms with E-state index in [9.17, 15) is 9.59 Å². The third kappa shape index (κ3) is 4.70. The summed E-state index contributed by atoms with van der Waals surface area (Å²) in [6.07, 6.45) is 0.177. The molecule has 0 saturated heterocycles. The summed E-state index contributed by atoms with van der Waals surface area (Å²) < 4.78 is 0. The summed E-state index contributed by atoms with van der Waals surface area (Å²) in [7, 11) is 0. The van der Waals surface area contributed by atoms with Gasteiger partial charge in [0.1, 0.15) is 0 Å². The fraction of sp³-hybridized carbons (Fsp3) is 0.130. The van der Waals surface area contributed by atoms with Crippen molar-refractivity contribution in [3.63, 3.8) is 0 Å². The molecule has 130 valence electrons. The van der Waals surface area contributed by atoms with Crippen LogP contribution in [0.3, 0.4) is 0 Å². The third-order valence-electron chi connectivity index (χ3n) is 4.12. The average Bonchev–Trinajstić information content (AvgIpc) is 2.70. The van der Waals surface area contributed by atoms with Gasteiger partial charge in [0.05, 0.1) is 5.25 Å². The topological polar surface area (TPSA) is 34.1 Å². The molecular formula is C23H20O2S. The Morgan fingerprint density at radius 1 is 0.769 bits per heavy atom. The maximum absolute atomic E-state index is 13.0. The monoisotopic (exact) mass is 360 g/mol. The fourth-order valence-corrected chi connectivity index (χ4v) is 3.77. The van der Waals surface area contributed by atoms with E-state index in [2.05, 4.69) is 0 Å². The highest BCUT2D eigenvalue weighted by Crippen LogP contribution is 2.29. The molecule has 0 aliphatic heterocycles. The first-order chi connectivity index (χ1) is 12.6. The van der Waals surface area contributed by atoms with E-state index in [4.69, 9.17) is 0 Å². The Balaban J connectivity index is 1.84. The van der Waals surface area contributed by atoms with E-state index >= 15 is 0 Å². The number of Topliss-reactive ketones (excluding diaryl/α,β-unsaturated/α-hetero) is 2. The number of thioether (sulfide) groups is 1. The van der Waals surface area contributed by atoms with Gasteiger partial charge < -0.3 is 0 Å². The number of ketones is 2. The zero-order valence-electron chi connectivity index (χ0n) is 14.6. The minimum absolute atomic E-state index is 0.0135. The molecule has 3 heteroatoms. The van der Waals surface area contributed by atoms with Gasteiger partial charge in [-0.25, -0.2) is 0 Å². The van der Waals surface area contributed by atoms with Crippen molar-refractivity contribution in [2.75, 3.05) is 0 Å². The molecule has 0 saturated carbocycles. The molecule has 0 spiro atoms. The van der Waals surface area contributed by atoms with Crippen LogP contribution in [-0.4, -0.2) is 16.8 Å². The second-order valence-corrected chi connectivity index (χ2v) is 7.42. The highest BCUT2D eigenvalue weighted by molar-refractivity contribution is 8.00. The van der Waals surface area contributed by atoms with Crippen molar-refractivity contribution in [3.8, 4) is 0 Å². The molecule has 0 amide bonds. The predicted octanol–water partition coefficient (Wildman–Crippen LogP) is 5.61. The molecule has 0 aliphatic rings. The second kappa shape index (κ2) is 8.63. The summed E-state index contributed by atoms with van der Waals surface area (Å²) in [5.74, 6) is -0.0278. The molecule has 3 aromatic rings. The van der Waals surface area contributed by atoms with Gasteiger partial charge in [-0.15, -0.1) is 11.8 Å². The Labute approximate surface area is 158 Å².